The van der Waals surface area contributed by atoms with Crippen LogP contribution in [0.4, 0.5) is 5.69 Å². The van der Waals surface area contributed by atoms with Gasteiger partial charge in [-0.05, 0) is 36.8 Å². The summed E-state index contributed by atoms with van der Waals surface area (Å²) >= 11 is 0. The van der Waals surface area contributed by atoms with Crippen LogP contribution in [0.2, 0.25) is 0 Å². The van der Waals surface area contributed by atoms with Crippen molar-refractivity contribution < 1.29 is 14.3 Å². The van der Waals surface area contributed by atoms with E-state index >= 15 is 0 Å². The van der Waals surface area contributed by atoms with Crippen LogP contribution < -0.4 is 5.32 Å². The lowest BCUT2D eigenvalue weighted by Gasteiger charge is -2.26. The Hall–Kier alpha value is -2.67. The lowest BCUT2D eigenvalue weighted by Crippen LogP contribution is -2.40. The van der Waals surface area contributed by atoms with Crippen molar-refractivity contribution in [3.05, 3.63) is 47.3 Å². The number of aryl methyl sites for hydroxylation is 2. The van der Waals surface area contributed by atoms with E-state index in [2.05, 4.69) is 17.3 Å². The lowest BCUT2D eigenvalue weighted by molar-refractivity contribution is 0.0303. The highest BCUT2D eigenvalue weighted by atomic mass is 16.5. The number of anilines is 1. The highest BCUT2D eigenvalue weighted by Crippen LogP contribution is 2.14. The van der Waals surface area contributed by atoms with Gasteiger partial charge >= 0.3 is 0 Å². The summed E-state index contributed by atoms with van der Waals surface area (Å²) in [4.78, 5) is 26.7. The summed E-state index contributed by atoms with van der Waals surface area (Å²) in [5, 5.41) is 7.20. The van der Waals surface area contributed by atoms with Gasteiger partial charge in [0.05, 0.1) is 18.9 Å². The van der Waals surface area contributed by atoms with E-state index in [1.807, 2.05) is 6.07 Å². The summed E-state index contributed by atoms with van der Waals surface area (Å²) in [6.45, 7) is 4.44. The average Bonchev–Trinajstić information content (AvgIpc) is 3.03. The zero-order chi connectivity index (χ0) is 18.5. The smallest absolute Gasteiger partial charge is 0.273 e. The normalized spacial score (nSPS) is 14.3. The van der Waals surface area contributed by atoms with Crippen molar-refractivity contribution in [2.75, 3.05) is 31.6 Å². The number of hydrogen-bond donors (Lipinski definition) is 1. The van der Waals surface area contributed by atoms with Crippen LogP contribution in [0.15, 0.2) is 30.3 Å². The molecule has 1 aromatic carbocycles. The molecular weight excluding hydrogens is 332 g/mol. The van der Waals surface area contributed by atoms with Crippen LogP contribution in [0.25, 0.3) is 0 Å². The molecular formula is C19H24N4O3. The Morgan fingerprint density at radius 2 is 1.88 bits per heavy atom. The summed E-state index contributed by atoms with van der Waals surface area (Å²) in [5.41, 5.74) is 2.68. The Labute approximate surface area is 152 Å². The summed E-state index contributed by atoms with van der Waals surface area (Å²) in [7, 11) is 1.76. The van der Waals surface area contributed by atoms with Crippen molar-refractivity contribution in [2.45, 2.75) is 19.8 Å². The van der Waals surface area contributed by atoms with Crippen molar-refractivity contribution in [3.8, 4) is 0 Å². The first-order valence-corrected chi connectivity index (χ1v) is 8.90. The van der Waals surface area contributed by atoms with Crippen LogP contribution in [-0.4, -0.2) is 52.8 Å². The molecule has 0 unspecified atom stereocenters. The Morgan fingerprint density at radius 1 is 1.19 bits per heavy atom. The van der Waals surface area contributed by atoms with Crippen LogP contribution in [0, 0.1) is 0 Å². The second-order valence-electron chi connectivity index (χ2n) is 6.33. The maximum Gasteiger partial charge on any atom is 0.273 e. The number of nitrogens with zero attached hydrogens (tertiary/aromatic N) is 3. The quantitative estimate of drug-likeness (QED) is 0.890. The van der Waals surface area contributed by atoms with Gasteiger partial charge in [0.15, 0.2) is 0 Å². The van der Waals surface area contributed by atoms with Crippen molar-refractivity contribution in [3.63, 3.8) is 0 Å². The third kappa shape index (κ3) is 4.11. The zero-order valence-electron chi connectivity index (χ0n) is 15.2. The fraction of sp³-hybridized carbons (Fsp3) is 0.421. The minimum atomic E-state index is -0.213. The van der Waals surface area contributed by atoms with Gasteiger partial charge in [0.25, 0.3) is 11.8 Å². The number of amides is 2. The molecule has 0 radical (unpaired) electrons. The summed E-state index contributed by atoms with van der Waals surface area (Å²) in [6, 6.07) is 8.78. The molecule has 1 aliphatic heterocycles. The largest absolute Gasteiger partial charge is 0.378 e. The fourth-order valence-electron chi connectivity index (χ4n) is 2.96. The molecule has 138 valence electrons. The van der Waals surface area contributed by atoms with Gasteiger partial charge in [0, 0.05) is 31.4 Å². The van der Waals surface area contributed by atoms with Crippen LogP contribution in [0.3, 0.4) is 0 Å². The molecule has 1 aromatic heterocycles. The van der Waals surface area contributed by atoms with Gasteiger partial charge in [0.2, 0.25) is 0 Å². The molecule has 0 saturated carbocycles. The molecule has 3 rings (SSSR count). The minimum Gasteiger partial charge on any atom is -0.378 e. The average molecular weight is 356 g/mol. The van der Waals surface area contributed by atoms with Gasteiger partial charge in [-0.2, -0.15) is 5.10 Å². The number of rotatable bonds is 5. The molecule has 0 aliphatic carbocycles. The Kier molecular flexibility index (Phi) is 5.68. The van der Waals surface area contributed by atoms with Crippen LogP contribution in [-0.2, 0) is 18.2 Å². The Bertz CT molecular complexity index is 777. The molecule has 2 heterocycles. The van der Waals surface area contributed by atoms with Crippen LogP contribution in [0.5, 0.6) is 0 Å². The van der Waals surface area contributed by atoms with E-state index in [-0.39, 0.29) is 11.8 Å². The van der Waals surface area contributed by atoms with Crippen LogP contribution in [0.1, 0.15) is 39.9 Å². The number of ether oxygens (including phenoxy) is 1. The van der Waals surface area contributed by atoms with E-state index in [0.29, 0.717) is 43.2 Å². The van der Waals surface area contributed by atoms with E-state index in [1.165, 1.54) is 0 Å². The molecule has 0 spiro atoms. The minimum absolute atomic E-state index is 0.0120. The predicted octanol–water partition coefficient (Wildman–Crippen LogP) is 2.10. The van der Waals surface area contributed by atoms with Crippen molar-refractivity contribution in [2.24, 2.45) is 7.05 Å². The molecule has 7 nitrogen and oxygen atoms in total. The first-order valence-electron chi connectivity index (χ1n) is 8.90. The standard InChI is InChI=1S/C19H24N4O3/c1-3-4-16-13-17(22(2)21-16)18(24)20-15-7-5-14(6-8-15)19(25)23-9-11-26-12-10-23/h5-8,13H,3-4,9-12H2,1-2H3,(H,20,24). The molecule has 2 aromatic rings. The molecule has 1 fully saturated rings. The first-order chi connectivity index (χ1) is 12.6. The maximum absolute atomic E-state index is 12.5. The summed E-state index contributed by atoms with van der Waals surface area (Å²) in [6.07, 6.45) is 1.83. The molecule has 7 heteroatoms. The Morgan fingerprint density at radius 3 is 2.54 bits per heavy atom. The topological polar surface area (TPSA) is 76.5 Å². The number of hydrogen-bond acceptors (Lipinski definition) is 4. The lowest BCUT2D eigenvalue weighted by atomic mass is 10.1. The highest BCUT2D eigenvalue weighted by molar-refractivity contribution is 6.03. The number of morpholine rings is 1. The van der Waals surface area contributed by atoms with Crippen molar-refractivity contribution in [1.29, 1.82) is 0 Å². The number of benzene rings is 1. The molecule has 0 atom stereocenters. The third-order valence-corrected chi connectivity index (χ3v) is 4.36. The van der Waals surface area contributed by atoms with Gasteiger partial charge in [-0.1, -0.05) is 13.3 Å². The second kappa shape index (κ2) is 8.14. The Balaban J connectivity index is 1.65. The van der Waals surface area contributed by atoms with E-state index < -0.39 is 0 Å². The number of aromatic nitrogens is 2. The van der Waals surface area contributed by atoms with Crippen molar-refractivity contribution in [1.82, 2.24) is 14.7 Å². The SMILES string of the molecule is CCCc1cc(C(=O)Nc2ccc(C(=O)N3CCOCC3)cc2)n(C)n1. The molecule has 2 amide bonds. The van der Waals surface area contributed by atoms with E-state index in [9.17, 15) is 9.59 Å². The summed E-state index contributed by atoms with van der Waals surface area (Å²) < 4.78 is 6.86. The molecule has 1 N–H and O–H groups in total. The van der Waals surface area contributed by atoms with Gasteiger partial charge in [0.1, 0.15) is 5.69 Å². The molecule has 26 heavy (non-hydrogen) atoms. The fourth-order valence-corrected chi connectivity index (χ4v) is 2.96. The second-order valence-corrected chi connectivity index (χ2v) is 6.33. The molecule has 0 bridgehead atoms. The highest BCUT2D eigenvalue weighted by Gasteiger charge is 2.18. The van der Waals surface area contributed by atoms with E-state index in [0.717, 1.165) is 18.5 Å². The van der Waals surface area contributed by atoms with E-state index in [4.69, 9.17) is 4.74 Å². The van der Waals surface area contributed by atoms with E-state index in [1.54, 1.807) is 40.9 Å². The van der Waals surface area contributed by atoms with Gasteiger partial charge in [-0.3, -0.25) is 14.3 Å². The van der Waals surface area contributed by atoms with Gasteiger partial charge in [-0.25, -0.2) is 0 Å². The monoisotopic (exact) mass is 356 g/mol. The number of carbonyl (C=O) groups is 2. The third-order valence-electron chi connectivity index (χ3n) is 4.36. The molecule has 1 aliphatic rings. The van der Waals surface area contributed by atoms with Crippen LogP contribution >= 0.6 is 0 Å². The first kappa shape index (κ1) is 18.1. The van der Waals surface area contributed by atoms with Gasteiger partial charge in [-0.15, -0.1) is 0 Å². The number of nitrogens with one attached hydrogen (secondary N) is 1. The summed E-state index contributed by atoms with van der Waals surface area (Å²) in [5.74, 6) is -0.225. The predicted molar refractivity (Wildman–Crippen MR) is 98.3 cm³/mol. The zero-order valence-corrected chi connectivity index (χ0v) is 15.2. The van der Waals surface area contributed by atoms with Crippen molar-refractivity contribution >= 4 is 17.5 Å². The number of carbonyl (C=O) groups excluding carboxylic acids is 2. The van der Waals surface area contributed by atoms with Gasteiger partial charge < -0.3 is 15.0 Å². The molecule has 1 saturated heterocycles. The maximum atomic E-state index is 12.5.